The van der Waals surface area contributed by atoms with E-state index in [2.05, 4.69) is 33.8 Å². The van der Waals surface area contributed by atoms with Gasteiger partial charge in [-0.2, -0.15) is 0 Å². The van der Waals surface area contributed by atoms with Crippen LogP contribution in [0.2, 0.25) is 0 Å². The molecule has 1 heterocycles. The van der Waals surface area contributed by atoms with Crippen LogP contribution >= 0.6 is 15.9 Å². The van der Waals surface area contributed by atoms with Crippen LogP contribution in [0, 0.1) is 5.92 Å². The Balaban J connectivity index is 2.00. The van der Waals surface area contributed by atoms with Crippen LogP contribution in [0.25, 0.3) is 0 Å². The van der Waals surface area contributed by atoms with Crippen LogP contribution < -0.4 is 5.73 Å². The van der Waals surface area contributed by atoms with Crippen LogP contribution in [0.1, 0.15) is 31.7 Å². The highest BCUT2D eigenvalue weighted by molar-refractivity contribution is 9.10. The average Bonchev–Trinajstić information content (AvgIpc) is 2.33. The fraction of sp³-hybridized carbons (Fsp3) is 0.571. The molecule has 2 N–H and O–H groups in total. The number of nitrogens with zero attached hydrogens (tertiary/aromatic N) is 1. The Bertz CT molecular complexity index is 378. The van der Waals surface area contributed by atoms with E-state index in [1.807, 2.05) is 12.1 Å². The zero-order valence-corrected chi connectivity index (χ0v) is 12.0. The average molecular weight is 297 g/mol. The van der Waals surface area contributed by atoms with E-state index in [-0.39, 0.29) is 0 Å². The smallest absolute Gasteiger partial charge is 0.0325 e. The van der Waals surface area contributed by atoms with Crippen molar-refractivity contribution in [2.45, 2.75) is 32.7 Å². The number of benzene rings is 1. The number of likely N-dealkylation sites (tertiary alicyclic amines) is 1. The van der Waals surface area contributed by atoms with Gasteiger partial charge >= 0.3 is 0 Å². The molecule has 0 bridgehead atoms. The highest BCUT2D eigenvalue weighted by Crippen LogP contribution is 2.25. The Kier molecular flexibility index (Phi) is 4.46. The summed E-state index contributed by atoms with van der Waals surface area (Å²) in [5.74, 6) is 0.885. The maximum atomic E-state index is 5.76. The van der Waals surface area contributed by atoms with Gasteiger partial charge in [0, 0.05) is 23.2 Å². The van der Waals surface area contributed by atoms with Crippen molar-refractivity contribution in [3.05, 3.63) is 28.2 Å². The first-order valence-electron chi connectivity index (χ1n) is 6.45. The normalized spacial score (nSPS) is 21.6. The molecule has 0 aliphatic carbocycles. The second kappa shape index (κ2) is 5.87. The van der Waals surface area contributed by atoms with E-state index in [1.165, 1.54) is 37.9 Å². The topological polar surface area (TPSA) is 29.3 Å². The number of piperidine rings is 1. The van der Waals surface area contributed by atoms with Crippen LogP contribution in [0.5, 0.6) is 0 Å². The molecule has 1 fully saturated rings. The van der Waals surface area contributed by atoms with Crippen LogP contribution in [-0.2, 0) is 6.54 Å². The molecule has 1 saturated heterocycles. The largest absolute Gasteiger partial charge is 0.399 e. The Labute approximate surface area is 112 Å². The van der Waals surface area contributed by atoms with Gasteiger partial charge in [0.05, 0.1) is 0 Å². The summed E-state index contributed by atoms with van der Waals surface area (Å²) in [7, 11) is 0. The minimum atomic E-state index is 0.825. The molecule has 1 aromatic carbocycles. The molecular weight excluding hydrogens is 276 g/mol. The van der Waals surface area contributed by atoms with Gasteiger partial charge in [0.1, 0.15) is 0 Å². The lowest BCUT2D eigenvalue weighted by atomic mass is 9.95. The minimum absolute atomic E-state index is 0.825. The fourth-order valence-electron chi connectivity index (χ4n) is 2.56. The van der Waals surface area contributed by atoms with Crippen molar-refractivity contribution in [3.8, 4) is 0 Å². The number of rotatable bonds is 3. The molecule has 2 rings (SSSR count). The molecule has 17 heavy (non-hydrogen) atoms. The molecule has 1 atom stereocenters. The summed E-state index contributed by atoms with van der Waals surface area (Å²) in [6.07, 6.45) is 4.04. The zero-order valence-electron chi connectivity index (χ0n) is 10.5. The lowest BCUT2D eigenvalue weighted by Crippen LogP contribution is -2.34. The minimum Gasteiger partial charge on any atom is -0.399 e. The monoisotopic (exact) mass is 296 g/mol. The summed E-state index contributed by atoms with van der Waals surface area (Å²) in [5.41, 5.74) is 7.93. The van der Waals surface area contributed by atoms with E-state index in [0.717, 1.165) is 22.6 Å². The standard InChI is InChI=1S/C14H21BrN2/c1-2-11-4-3-7-17(9-11)10-12-5-6-13(16)8-14(12)15/h5-6,8,11H,2-4,7,9-10,16H2,1H3. The van der Waals surface area contributed by atoms with E-state index in [1.54, 1.807) is 0 Å². The molecule has 1 aliphatic heterocycles. The third-order valence-electron chi connectivity index (χ3n) is 3.65. The predicted molar refractivity (Wildman–Crippen MR) is 76.8 cm³/mol. The van der Waals surface area contributed by atoms with Crippen molar-refractivity contribution >= 4 is 21.6 Å². The molecule has 0 spiro atoms. The van der Waals surface area contributed by atoms with Gasteiger partial charge in [-0.25, -0.2) is 0 Å². The van der Waals surface area contributed by atoms with Crippen molar-refractivity contribution in [1.29, 1.82) is 0 Å². The Morgan fingerprint density at radius 1 is 1.47 bits per heavy atom. The number of hydrogen-bond donors (Lipinski definition) is 1. The quantitative estimate of drug-likeness (QED) is 0.863. The second-order valence-electron chi connectivity index (χ2n) is 5.00. The van der Waals surface area contributed by atoms with Crippen molar-refractivity contribution in [1.82, 2.24) is 4.90 Å². The van der Waals surface area contributed by atoms with Gasteiger partial charge in [-0.15, -0.1) is 0 Å². The first-order valence-corrected chi connectivity index (χ1v) is 7.24. The lowest BCUT2D eigenvalue weighted by molar-refractivity contribution is 0.164. The predicted octanol–water partition coefficient (Wildman–Crippen LogP) is 3.65. The Hall–Kier alpha value is -0.540. The van der Waals surface area contributed by atoms with Crippen molar-refractivity contribution < 1.29 is 0 Å². The maximum Gasteiger partial charge on any atom is 0.0325 e. The second-order valence-corrected chi connectivity index (χ2v) is 5.86. The van der Waals surface area contributed by atoms with E-state index in [4.69, 9.17) is 5.73 Å². The molecule has 1 unspecified atom stereocenters. The van der Waals surface area contributed by atoms with Crippen LogP contribution in [-0.4, -0.2) is 18.0 Å². The molecule has 0 saturated carbocycles. The van der Waals surface area contributed by atoms with Crippen molar-refractivity contribution in [2.24, 2.45) is 5.92 Å². The molecule has 1 aliphatic rings. The zero-order chi connectivity index (χ0) is 12.3. The Morgan fingerprint density at radius 3 is 3.00 bits per heavy atom. The molecule has 1 aromatic rings. The highest BCUT2D eigenvalue weighted by Gasteiger charge is 2.18. The third kappa shape index (κ3) is 3.46. The van der Waals surface area contributed by atoms with E-state index >= 15 is 0 Å². The first kappa shape index (κ1) is 12.9. The summed E-state index contributed by atoms with van der Waals surface area (Å²) in [4.78, 5) is 2.56. The van der Waals surface area contributed by atoms with Gasteiger partial charge in [0.2, 0.25) is 0 Å². The van der Waals surface area contributed by atoms with Gasteiger partial charge in [-0.1, -0.05) is 35.3 Å². The number of nitrogen functional groups attached to an aromatic ring is 1. The fourth-order valence-corrected chi connectivity index (χ4v) is 3.08. The Morgan fingerprint density at radius 2 is 2.29 bits per heavy atom. The molecule has 2 nitrogen and oxygen atoms in total. The summed E-state index contributed by atoms with van der Waals surface area (Å²) >= 11 is 3.60. The molecule has 0 aromatic heterocycles. The molecule has 0 amide bonds. The van der Waals surface area contributed by atoms with Gasteiger partial charge < -0.3 is 5.73 Å². The number of nitrogens with two attached hydrogens (primary N) is 1. The van der Waals surface area contributed by atoms with E-state index in [9.17, 15) is 0 Å². The third-order valence-corrected chi connectivity index (χ3v) is 4.39. The lowest BCUT2D eigenvalue weighted by Gasteiger charge is -2.32. The van der Waals surface area contributed by atoms with Crippen LogP contribution in [0.4, 0.5) is 5.69 Å². The molecule has 3 heteroatoms. The molecule has 94 valence electrons. The first-order chi connectivity index (χ1) is 8.19. The van der Waals surface area contributed by atoms with Crippen molar-refractivity contribution in [2.75, 3.05) is 18.8 Å². The van der Waals surface area contributed by atoms with E-state index in [0.29, 0.717) is 0 Å². The van der Waals surface area contributed by atoms with Gasteiger partial charge in [0.25, 0.3) is 0 Å². The summed E-state index contributed by atoms with van der Waals surface area (Å²) in [5, 5.41) is 0. The highest BCUT2D eigenvalue weighted by atomic mass is 79.9. The van der Waals surface area contributed by atoms with E-state index < -0.39 is 0 Å². The van der Waals surface area contributed by atoms with Crippen LogP contribution in [0.3, 0.4) is 0 Å². The molecular formula is C14H21BrN2. The molecule has 0 radical (unpaired) electrons. The summed E-state index contributed by atoms with van der Waals surface area (Å²) < 4.78 is 1.14. The summed E-state index contributed by atoms with van der Waals surface area (Å²) in [6.45, 7) is 5.81. The number of halogens is 1. The number of hydrogen-bond acceptors (Lipinski definition) is 2. The van der Waals surface area contributed by atoms with Gasteiger partial charge in [-0.05, 0) is 43.0 Å². The number of anilines is 1. The van der Waals surface area contributed by atoms with Gasteiger partial charge in [-0.3, -0.25) is 4.90 Å². The van der Waals surface area contributed by atoms with Gasteiger partial charge in [0.15, 0.2) is 0 Å². The van der Waals surface area contributed by atoms with Crippen molar-refractivity contribution in [3.63, 3.8) is 0 Å². The maximum absolute atomic E-state index is 5.76. The SMILES string of the molecule is CCC1CCCN(Cc2ccc(N)cc2Br)C1. The summed E-state index contributed by atoms with van der Waals surface area (Å²) in [6, 6.07) is 6.12. The van der Waals surface area contributed by atoms with Crippen LogP contribution in [0.15, 0.2) is 22.7 Å².